The van der Waals surface area contributed by atoms with Crippen molar-refractivity contribution in [1.82, 2.24) is 4.98 Å². The molecule has 2 atom stereocenters. The molecule has 4 rings (SSSR count). The molecule has 160 valence electrons. The number of carbonyl (C=O) groups is 1. The maximum absolute atomic E-state index is 13.4. The monoisotopic (exact) mass is 422 g/mol. The minimum absolute atomic E-state index is 0.188. The summed E-state index contributed by atoms with van der Waals surface area (Å²) in [6.45, 7) is 0.311. The van der Waals surface area contributed by atoms with Crippen molar-refractivity contribution in [2.24, 2.45) is 5.92 Å². The molecule has 2 aromatic carbocycles. The lowest BCUT2D eigenvalue weighted by Gasteiger charge is -2.19. The Balaban J connectivity index is 1.53. The van der Waals surface area contributed by atoms with Crippen LogP contribution in [0.2, 0.25) is 0 Å². The van der Waals surface area contributed by atoms with Crippen LogP contribution in [0.4, 0.5) is 10.1 Å². The molecule has 3 aromatic rings. The number of halogens is 1. The molecule has 2 unspecified atom stereocenters. The fraction of sp³-hybridized carbons (Fsp3) is 0.250. The third-order valence-electron chi connectivity index (χ3n) is 5.56. The number of pyridine rings is 1. The molecule has 0 radical (unpaired) electrons. The average Bonchev–Trinajstić information content (AvgIpc) is 3.54. The van der Waals surface area contributed by atoms with E-state index in [1.54, 1.807) is 32.4 Å². The van der Waals surface area contributed by atoms with E-state index in [-0.39, 0.29) is 11.8 Å². The number of benzene rings is 2. The first-order valence-electron chi connectivity index (χ1n) is 9.87. The molecule has 1 fully saturated rings. The van der Waals surface area contributed by atoms with E-state index >= 15 is 0 Å². The fourth-order valence-corrected chi connectivity index (χ4v) is 3.81. The van der Waals surface area contributed by atoms with Crippen LogP contribution < -0.4 is 19.5 Å². The number of methoxy groups -OCH3 is 2. The Bertz CT molecular complexity index is 1080. The summed E-state index contributed by atoms with van der Waals surface area (Å²) in [6, 6.07) is 16.4. The summed E-state index contributed by atoms with van der Waals surface area (Å²) in [6.07, 6.45) is 3.14. The van der Waals surface area contributed by atoms with Gasteiger partial charge in [-0.05, 0) is 24.1 Å². The number of hydrogen-bond acceptors (Lipinski definition) is 5. The molecule has 1 heterocycles. The molecule has 0 saturated heterocycles. The average molecular weight is 422 g/mol. The lowest BCUT2D eigenvalue weighted by atomic mass is 9.93. The van der Waals surface area contributed by atoms with Crippen LogP contribution in [0.5, 0.6) is 17.2 Å². The second kappa shape index (κ2) is 8.63. The summed E-state index contributed by atoms with van der Waals surface area (Å²) in [5.41, 5.74) is 0.881. The molecule has 7 heteroatoms. The van der Waals surface area contributed by atoms with Gasteiger partial charge in [0, 0.05) is 17.5 Å². The maximum atomic E-state index is 13.4. The molecule has 0 bridgehead atoms. The van der Waals surface area contributed by atoms with E-state index in [1.165, 1.54) is 12.3 Å². The Kier molecular flexibility index (Phi) is 5.75. The number of hydrogen-bond donors (Lipinski definition) is 1. The SMILES string of the molecule is COc1ccc(OCC2(c3ccccc3)CC2C(=O)Nc2cncc(F)c2)cc1OC. The highest BCUT2D eigenvalue weighted by molar-refractivity contribution is 5.96. The predicted octanol–water partition coefficient (Wildman–Crippen LogP) is 4.21. The highest BCUT2D eigenvalue weighted by atomic mass is 19.1. The number of ether oxygens (including phenoxy) is 3. The Labute approximate surface area is 180 Å². The van der Waals surface area contributed by atoms with Crippen molar-refractivity contribution in [1.29, 1.82) is 0 Å². The molecule has 1 amide bonds. The maximum Gasteiger partial charge on any atom is 0.228 e. The number of rotatable bonds is 8. The summed E-state index contributed by atoms with van der Waals surface area (Å²) in [7, 11) is 3.14. The number of nitrogens with zero attached hydrogens (tertiary/aromatic N) is 1. The van der Waals surface area contributed by atoms with E-state index in [2.05, 4.69) is 10.3 Å². The number of carbonyl (C=O) groups excluding carboxylic acids is 1. The Morgan fingerprint density at radius 3 is 2.58 bits per heavy atom. The molecule has 1 saturated carbocycles. The molecule has 1 N–H and O–H groups in total. The summed E-state index contributed by atoms with van der Waals surface area (Å²) in [5.74, 6) is 0.802. The summed E-state index contributed by atoms with van der Waals surface area (Å²) < 4.78 is 30.1. The van der Waals surface area contributed by atoms with E-state index in [0.717, 1.165) is 11.8 Å². The van der Waals surface area contributed by atoms with Crippen LogP contribution in [-0.4, -0.2) is 31.7 Å². The number of amides is 1. The normalized spacial score (nSPS) is 19.4. The molecular formula is C24H23FN2O4. The van der Waals surface area contributed by atoms with Crippen LogP contribution in [0.1, 0.15) is 12.0 Å². The minimum atomic E-state index is -0.500. The van der Waals surface area contributed by atoms with Gasteiger partial charge in [-0.1, -0.05) is 30.3 Å². The zero-order chi connectivity index (χ0) is 21.8. The van der Waals surface area contributed by atoms with Crippen LogP contribution in [0, 0.1) is 11.7 Å². The van der Waals surface area contributed by atoms with Crippen molar-refractivity contribution in [2.45, 2.75) is 11.8 Å². The summed E-state index contributed by atoms with van der Waals surface area (Å²) in [4.78, 5) is 16.7. The first kappa shape index (κ1) is 20.7. The van der Waals surface area contributed by atoms with Crippen LogP contribution in [0.15, 0.2) is 67.0 Å². The molecule has 31 heavy (non-hydrogen) atoms. The van der Waals surface area contributed by atoms with Gasteiger partial charge in [0.2, 0.25) is 5.91 Å². The van der Waals surface area contributed by atoms with Gasteiger partial charge in [0.15, 0.2) is 11.5 Å². The van der Waals surface area contributed by atoms with Gasteiger partial charge in [0.1, 0.15) is 11.6 Å². The quantitative estimate of drug-likeness (QED) is 0.589. The number of nitrogens with one attached hydrogen (secondary N) is 1. The molecule has 0 aliphatic heterocycles. The van der Waals surface area contributed by atoms with Gasteiger partial charge in [-0.15, -0.1) is 0 Å². The second-order valence-corrected chi connectivity index (χ2v) is 7.47. The van der Waals surface area contributed by atoms with E-state index in [9.17, 15) is 9.18 Å². The highest BCUT2D eigenvalue weighted by Gasteiger charge is 2.60. The molecular weight excluding hydrogens is 399 g/mol. The zero-order valence-electron chi connectivity index (χ0n) is 17.3. The van der Waals surface area contributed by atoms with Crippen molar-refractivity contribution in [3.8, 4) is 17.2 Å². The van der Waals surface area contributed by atoms with Crippen molar-refractivity contribution in [2.75, 3.05) is 26.1 Å². The number of aromatic nitrogens is 1. The standard InChI is InChI=1S/C24H23FN2O4/c1-29-21-9-8-19(11-22(21)30-2)31-15-24(16-6-4-3-5-7-16)12-20(24)23(28)27-18-10-17(25)13-26-14-18/h3-11,13-14,20H,12,15H2,1-2H3,(H,27,28). The molecule has 1 aliphatic carbocycles. The van der Waals surface area contributed by atoms with E-state index in [4.69, 9.17) is 14.2 Å². The zero-order valence-corrected chi connectivity index (χ0v) is 17.3. The molecule has 0 spiro atoms. The molecule has 1 aromatic heterocycles. The second-order valence-electron chi connectivity index (χ2n) is 7.47. The van der Waals surface area contributed by atoms with Gasteiger partial charge in [-0.25, -0.2) is 4.39 Å². The van der Waals surface area contributed by atoms with Gasteiger partial charge in [0.05, 0.1) is 44.8 Å². The fourth-order valence-electron chi connectivity index (χ4n) is 3.81. The van der Waals surface area contributed by atoms with E-state index in [0.29, 0.717) is 36.0 Å². The van der Waals surface area contributed by atoms with Crippen LogP contribution in [-0.2, 0) is 10.2 Å². The Hall–Kier alpha value is -3.61. The van der Waals surface area contributed by atoms with Gasteiger partial charge in [0.25, 0.3) is 0 Å². The van der Waals surface area contributed by atoms with Crippen LogP contribution >= 0.6 is 0 Å². The third-order valence-corrected chi connectivity index (χ3v) is 5.56. The number of anilines is 1. The summed E-state index contributed by atoms with van der Waals surface area (Å²) in [5, 5.41) is 2.77. The minimum Gasteiger partial charge on any atom is -0.493 e. The third kappa shape index (κ3) is 4.30. The van der Waals surface area contributed by atoms with E-state index in [1.807, 2.05) is 30.3 Å². The first-order chi connectivity index (χ1) is 15.1. The largest absolute Gasteiger partial charge is 0.493 e. The van der Waals surface area contributed by atoms with Crippen LogP contribution in [0.3, 0.4) is 0 Å². The lowest BCUT2D eigenvalue weighted by Crippen LogP contribution is -2.26. The first-order valence-corrected chi connectivity index (χ1v) is 9.87. The van der Waals surface area contributed by atoms with Crippen molar-refractivity contribution in [3.05, 3.63) is 78.4 Å². The van der Waals surface area contributed by atoms with Crippen molar-refractivity contribution in [3.63, 3.8) is 0 Å². The van der Waals surface area contributed by atoms with Gasteiger partial charge < -0.3 is 19.5 Å². The van der Waals surface area contributed by atoms with Crippen molar-refractivity contribution >= 4 is 11.6 Å². The highest BCUT2D eigenvalue weighted by Crippen LogP contribution is 2.55. The molecule has 1 aliphatic rings. The van der Waals surface area contributed by atoms with Crippen molar-refractivity contribution < 1.29 is 23.4 Å². The smallest absolute Gasteiger partial charge is 0.228 e. The topological polar surface area (TPSA) is 69.7 Å². The predicted molar refractivity (Wildman–Crippen MR) is 114 cm³/mol. The van der Waals surface area contributed by atoms with Crippen LogP contribution in [0.25, 0.3) is 0 Å². The Morgan fingerprint density at radius 2 is 1.87 bits per heavy atom. The van der Waals surface area contributed by atoms with Gasteiger partial charge in [-0.2, -0.15) is 0 Å². The lowest BCUT2D eigenvalue weighted by molar-refractivity contribution is -0.117. The van der Waals surface area contributed by atoms with Gasteiger partial charge >= 0.3 is 0 Å². The summed E-state index contributed by atoms with van der Waals surface area (Å²) >= 11 is 0. The van der Waals surface area contributed by atoms with Gasteiger partial charge in [-0.3, -0.25) is 9.78 Å². The molecule has 6 nitrogen and oxygen atoms in total. The van der Waals surface area contributed by atoms with E-state index < -0.39 is 11.2 Å². The Morgan fingerprint density at radius 1 is 1.10 bits per heavy atom.